The number of hydrogen-bond donors (Lipinski definition) is 2. The number of amides is 1. The molecule has 1 amide bonds. The summed E-state index contributed by atoms with van der Waals surface area (Å²) in [5.41, 5.74) is 2.28. The molecule has 0 atom stereocenters. The first kappa shape index (κ1) is 25.0. The van der Waals surface area contributed by atoms with Crippen LogP contribution in [0.25, 0.3) is 17.0 Å². The number of unbranched alkanes of at least 4 members (excludes halogenated alkanes) is 2. The third kappa shape index (κ3) is 6.98. The Morgan fingerprint density at radius 1 is 1.06 bits per heavy atom. The standard InChI is InChI=1S/C28H32F3N3O/c29-28(30,31)23-8-6-7-21(19-23)11-12-27(35)32-15-4-1-5-16-34-17-13-22(14-18-34)25-20-33-26-10-3-2-9-24(25)26/h2-3,6-12,19-20,22,33H,1,4-5,13-18H2,(H,32,35)/b12-11+. The molecule has 1 saturated heterocycles. The van der Waals surface area contributed by atoms with Crippen LogP contribution in [0.2, 0.25) is 0 Å². The second-order valence-electron chi connectivity index (χ2n) is 9.21. The van der Waals surface area contributed by atoms with Gasteiger partial charge in [-0.05, 0) is 86.6 Å². The number of alkyl halides is 3. The molecule has 1 aliphatic heterocycles. The molecule has 3 aromatic rings. The predicted octanol–water partition coefficient (Wildman–Crippen LogP) is 6.37. The summed E-state index contributed by atoms with van der Waals surface area (Å²) in [7, 11) is 0. The van der Waals surface area contributed by atoms with Gasteiger partial charge in [0.15, 0.2) is 0 Å². The maximum atomic E-state index is 12.8. The Balaban J connectivity index is 1.09. The van der Waals surface area contributed by atoms with E-state index in [0.29, 0.717) is 18.0 Å². The van der Waals surface area contributed by atoms with E-state index in [1.54, 1.807) is 6.07 Å². The zero-order chi connectivity index (χ0) is 24.7. The Morgan fingerprint density at radius 2 is 1.86 bits per heavy atom. The first-order valence-corrected chi connectivity index (χ1v) is 12.3. The van der Waals surface area contributed by atoms with Gasteiger partial charge in [-0.15, -0.1) is 0 Å². The highest BCUT2D eigenvalue weighted by molar-refractivity contribution is 5.91. The number of rotatable bonds is 9. The van der Waals surface area contributed by atoms with Gasteiger partial charge in [0.25, 0.3) is 0 Å². The molecule has 0 unspecified atom stereocenters. The molecule has 4 nitrogen and oxygen atoms in total. The van der Waals surface area contributed by atoms with Crippen LogP contribution in [-0.2, 0) is 11.0 Å². The molecule has 1 aliphatic rings. The number of hydrogen-bond acceptors (Lipinski definition) is 2. The summed E-state index contributed by atoms with van der Waals surface area (Å²) >= 11 is 0. The molecule has 4 rings (SSSR count). The van der Waals surface area contributed by atoms with Gasteiger partial charge in [0.05, 0.1) is 5.56 Å². The molecule has 7 heteroatoms. The average molecular weight is 484 g/mol. The Labute approximate surface area is 204 Å². The van der Waals surface area contributed by atoms with Gasteiger partial charge in [-0.1, -0.05) is 36.8 Å². The number of fused-ring (bicyclic) bond motifs is 1. The topological polar surface area (TPSA) is 48.1 Å². The van der Waals surface area contributed by atoms with E-state index < -0.39 is 11.7 Å². The quantitative estimate of drug-likeness (QED) is 0.275. The first-order valence-electron chi connectivity index (χ1n) is 12.3. The number of benzene rings is 2. The largest absolute Gasteiger partial charge is 0.416 e. The van der Waals surface area contributed by atoms with Gasteiger partial charge >= 0.3 is 6.18 Å². The van der Waals surface area contributed by atoms with Crippen molar-refractivity contribution in [3.63, 3.8) is 0 Å². The fourth-order valence-electron chi connectivity index (χ4n) is 4.80. The lowest BCUT2D eigenvalue weighted by Crippen LogP contribution is -2.33. The molecule has 35 heavy (non-hydrogen) atoms. The van der Waals surface area contributed by atoms with Crippen molar-refractivity contribution in [3.05, 3.63) is 77.5 Å². The Morgan fingerprint density at radius 3 is 2.66 bits per heavy atom. The normalized spacial score (nSPS) is 15.7. The maximum Gasteiger partial charge on any atom is 0.416 e. The molecule has 0 aliphatic carbocycles. The fraction of sp³-hybridized carbons (Fsp3) is 0.393. The van der Waals surface area contributed by atoms with E-state index in [2.05, 4.69) is 45.7 Å². The van der Waals surface area contributed by atoms with E-state index >= 15 is 0 Å². The van der Waals surface area contributed by atoms with Gasteiger partial charge in [0.2, 0.25) is 5.91 Å². The van der Waals surface area contributed by atoms with Gasteiger partial charge in [-0.2, -0.15) is 13.2 Å². The highest BCUT2D eigenvalue weighted by atomic mass is 19.4. The zero-order valence-corrected chi connectivity index (χ0v) is 19.8. The Bertz CT molecular complexity index is 1140. The van der Waals surface area contributed by atoms with E-state index in [1.165, 1.54) is 47.5 Å². The lowest BCUT2D eigenvalue weighted by atomic mass is 9.89. The van der Waals surface area contributed by atoms with Crippen molar-refractivity contribution >= 4 is 22.9 Å². The number of halogens is 3. The molecular weight excluding hydrogens is 451 g/mol. The molecule has 2 heterocycles. The first-order chi connectivity index (χ1) is 16.9. The van der Waals surface area contributed by atoms with Crippen LogP contribution in [-0.4, -0.2) is 42.0 Å². The second-order valence-corrected chi connectivity index (χ2v) is 9.21. The highest BCUT2D eigenvalue weighted by Crippen LogP contribution is 2.33. The summed E-state index contributed by atoms with van der Waals surface area (Å²) in [5, 5.41) is 4.15. The van der Waals surface area contributed by atoms with Crippen molar-refractivity contribution in [2.75, 3.05) is 26.2 Å². The van der Waals surface area contributed by atoms with Crippen LogP contribution in [0.3, 0.4) is 0 Å². The molecule has 186 valence electrons. The molecule has 0 bridgehead atoms. The van der Waals surface area contributed by atoms with Crippen LogP contribution in [0.15, 0.2) is 60.8 Å². The number of carbonyl (C=O) groups excluding carboxylic acids is 1. The second kappa shape index (κ2) is 11.6. The summed E-state index contributed by atoms with van der Waals surface area (Å²) in [5.74, 6) is 0.323. The van der Waals surface area contributed by atoms with Crippen LogP contribution in [0.5, 0.6) is 0 Å². The van der Waals surface area contributed by atoms with Crippen LogP contribution in [0.4, 0.5) is 13.2 Å². The molecule has 1 fully saturated rings. The summed E-state index contributed by atoms with van der Waals surface area (Å²) in [6, 6.07) is 13.4. The van der Waals surface area contributed by atoms with Crippen molar-refractivity contribution in [2.45, 2.75) is 44.2 Å². The number of nitrogens with one attached hydrogen (secondary N) is 2. The summed E-state index contributed by atoms with van der Waals surface area (Å²) in [6.45, 7) is 3.86. The Kier molecular flexibility index (Phi) is 8.29. The minimum atomic E-state index is -4.39. The SMILES string of the molecule is O=C(/C=C/c1cccc(C(F)(F)F)c1)NCCCCCN1CCC(c2c[nH]c3ccccc23)CC1. The zero-order valence-electron chi connectivity index (χ0n) is 19.8. The van der Waals surface area contributed by atoms with E-state index in [1.807, 2.05) is 0 Å². The minimum absolute atomic E-state index is 0.290. The van der Waals surface area contributed by atoms with Gasteiger partial charge in [-0.25, -0.2) is 0 Å². The smallest absolute Gasteiger partial charge is 0.361 e. The average Bonchev–Trinajstić information content (AvgIpc) is 3.29. The number of carbonyl (C=O) groups is 1. The lowest BCUT2D eigenvalue weighted by molar-refractivity contribution is -0.137. The van der Waals surface area contributed by atoms with Crippen LogP contribution >= 0.6 is 0 Å². The molecule has 0 radical (unpaired) electrons. The van der Waals surface area contributed by atoms with Gasteiger partial charge in [0, 0.05) is 29.7 Å². The number of H-pyrrole nitrogens is 1. The highest BCUT2D eigenvalue weighted by Gasteiger charge is 2.30. The molecule has 2 N–H and O–H groups in total. The van der Waals surface area contributed by atoms with Crippen molar-refractivity contribution in [1.82, 2.24) is 15.2 Å². The monoisotopic (exact) mass is 483 g/mol. The van der Waals surface area contributed by atoms with Gasteiger partial charge in [0.1, 0.15) is 0 Å². The molecular formula is C28H32F3N3O. The van der Waals surface area contributed by atoms with Crippen LogP contribution < -0.4 is 5.32 Å². The summed E-state index contributed by atoms with van der Waals surface area (Å²) in [4.78, 5) is 17.9. The van der Waals surface area contributed by atoms with Crippen LogP contribution in [0, 0.1) is 0 Å². The van der Waals surface area contributed by atoms with Crippen molar-refractivity contribution < 1.29 is 18.0 Å². The van der Waals surface area contributed by atoms with Gasteiger partial charge < -0.3 is 15.2 Å². The fourth-order valence-corrected chi connectivity index (χ4v) is 4.80. The third-order valence-electron chi connectivity index (χ3n) is 6.74. The number of aromatic nitrogens is 1. The molecule has 0 saturated carbocycles. The van der Waals surface area contributed by atoms with E-state index in [4.69, 9.17) is 0 Å². The van der Waals surface area contributed by atoms with E-state index in [0.717, 1.165) is 51.0 Å². The maximum absolute atomic E-state index is 12.8. The Hall–Kier alpha value is -3.06. The van der Waals surface area contributed by atoms with Crippen molar-refractivity contribution in [3.8, 4) is 0 Å². The minimum Gasteiger partial charge on any atom is -0.361 e. The van der Waals surface area contributed by atoms with Gasteiger partial charge in [-0.3, -0.25) is 4.79 Å². The van der Waals surface area contributed by atoms with E-state index in [-0.39, 0.29) is 5.91 Å². The van der Waals surface area contributed by atoms with Crippen molar-refractivity contribution in [1.29, 1.82) is 0 Å². The molecule has 2 aromatic carbocycles. The number of aromatic amines is 1. The predicted molar refractivity (Wildman–Crippen MR) is 134 cm³/mol. The number of likely N-dealkylation sites (tertiary alicyclic amines) is 1. The number of nitrogens with zero attached hydrogens (tertiary/aromatic N) is 1. The van der Waals surface area contributed by atoms with E-state index in [9.17, 15) is 18.0 Å². The summed E-state index contributed by atoms with van der Waals surface area (Å²) in [6.07, 6.45) is 5.83. The lowest BCUT2D eigenvalue weighted by Gasteiger charge is -2.32. The molecule has 1 aromatic heterocycles. The van der Waals surface area contributed by atoms with Crippen LogP contribution in [0.1, 0.15) is 54.7 Å². The summed E-state index contributed by atoms with van der Waals surface area (Å²) < 4.78 is 38.3. The third-order valence-corrected chi connectivity index (χ3v) is 6.74. The molecule has 0 spiro atoms. The number of para-hydroxylation sites is 1. The number of piperidine rings is 1. The van der Waals surface area contributed by atoms with Crippen molar-refractivity contribution in [2.24, 2.45) is 0 Å².